The summed E-state index contributed by atoms with van der Waals surface area (Å²) < 4.78 is 39.3. The molecule has 0 radical (unpaired) electrons. The Morgan fingerprint density at radius 3 is 2.18 bits per heavy atom. The standard InChI is InChI=1S/C13H9F3O/c1-7-2-3-13(17)9(4-7)8-5-11(15)12(16)6-10(8)14/h2-6,17H,1H3. The minimum atomic E-state index is -1.25. The first-order valence-corrected chi connectivity index (χ1v) is 4.93. The van der Waals surface area contributed by atoms with E-state index >= 15 is 0 Å². The number of phenols is 1. The van der Waals surface area contributed by atoms with Crippen LogP contribution < -0.4 is 0 Å². The van der Waals surface area contributed by atoms with E-state index in [9.17, 15) is 18.3 Å². The van der Waals surface area contributed by atoms with Gasteiger partial charge in [0, 0.05) is 17.2 Å². The second kappa shape index (κ2) is 4.13. The highest BCUT2D eigenvalue weighted by atomic mass is 19.2. The molecular weight excluding hydrogens is 229 g/mol. The fourth-order valence-electron chi connectivity index (χ4n) is 1.59. The van der Waals surface area contributed by atoms with Gasteiger partial charge in [0.25, 0.3) is 0 Å². The fourth-order valence-corrected chi connectivity index (χ4v) is 1.59. The van der Waals surface area contributed by atoms with Crippen LogP contribution in [-0.4, -0.2) is 5.11 Å². The Hall–Kier alpha value is -1.97. The maximum Gasteiger partial charge on any atom is 0.161 e. The molecule has 4 heteroatoms. The quantitative estimate of drug-likeness (QED) is 0.749. The smallest absolute Gasteiger partial charge is 0.161 e. The second-order valence-electron chi connectivity index (χ2n) is 3.77. The number of aromatic hydroxyl groups is 1. The van der Waals surface area contributed by atoms with Crippen molar-refractivity contribution in [1.29, 1.82) is 0 Å². The zero-order chi connectivity index (χ0) is 12.6. The summed E-state index contributed by atoms with van der Waals surface area (Å²) in [7, 11) is 0. The highest BCUT2D eigenvalue weighted by molar-refractivity contribution is 5.71. The molecule has 2 aromatic carbocycles. The highest BCUT2D eigenvalue weighted by Gasteiger charge is 2.14. The summed E-state index contributed by atoms with van der Waals surface area (Å²) in [6.45, 7) is 1.75. The summed E-state index contributed by atoms with van der Waals surface area (Å²) in [4.78, 5) is 0. The van der Waals surface area contributed by atoms with E-state index in [1.54, 1.807) is 13.0 Å². The van der Waals surface area contributed by atoms with Crippen molar-refractivity contribution in [2.75, 3.05) is 0 Å². The van der Waals surface area contributed by atoms with E-state index in [4.69, 9.17) is 0 Å². The van der Waals surface area contributed by atoms with Gasteiger partial charge in [0.15, 0.2) is 11.6 Å². The van der Waals surface area contributed by atoms with Crippen LogP contribution in [0, 0.1) is 24.4 Å². The molecule has 0 saturated heterocycles. The van der Waals surface area contributed by atoms with Gasteiger partial charge in [-0.15, -0.1) is 0 Å². The molecule has 0 atom stereocenters. The molecule has 0 amide bonds. The molecule has 0 heterocycles. The Kier molecular flexibility index (Phi) is 2.79. The normalized spacial score (nSPS) is 10.6. The molecule has 1 nitrogen and oxygen atoms in total. The van der Waals surface area contributed by atoms with Crippen molar-refractivity contribution in [3.05, 3.63) is 53.3 Å². The summed E-state index contributed by atoms with van der Waals surface area (Å²) in [5, 5.41) is 9.59. The SMILES string of the molecule is Cc1ccc(O)c(-c2cc(F)c(F)cc2F)c1. The minimum absolute atomic E-state index is 0.140. The zero-order valence-corrected chi connectivity index (χ0v) is 8.97. The van der Waals surface area contributed by atoms with E-state index in [-0.39, 0.29) is 16.9 Å². The molecule has 0 aliphatic heterocycles. The van der Waals surface area contributed by atoms with Crippen LogP contribution in [0.5, 0.6) is 5.75 Å². The first-order valence-electron chi connectivity index (χ1n) is 4.93. The number of hydrogen-bond donors (Lipinski definition) is 1. The molecule has 1 N–H and O–H groups in total. The van der Waals surface area contributed by atoms with E-state index in [2.05, 4.69) is 0 Å². The monoisotopic (exact) mass is 238 g/mol. The Morgan fingerprint density at radius 2 is 1.47 bits per heavy atom. The third kappa shape index (κ3) is 2.11. The summed E-state index contributed by atoms with van der Waals surface area (Å²) >= 11 is 0. The van der Waals surface area contributed by atoms with Gasteiger partial charge in [-0.1, -0.05) is 11.6 Å². The average Bonchev–Trinajstić information content (AvgIpc) is 2.27. The molecule has 0 aliphatic rings. The van der Waals surface area contributed by atoms with Crippen molar-refractivity contribution in [2.24, 2.45) is 0 Å². The molecule has 0 fully saturated rings. The van der Waals surface area contributed by atoms with Gasteiger partial charge in [0.2, 0.25) is 0 Å². The van der Waals surface area contributed by atoms with Gasteiger partial charge < -0.3 is 5.11 Å². The highest BCUT2D eigenvalue weighted by Crippen LogP contribution is 2.32. The molecule has 0 saturated carbocycles. The number of benzene rings is 2. The van der Waals surface area contributed by atoms with E-state index in [1.165, 1.54) is 12.1 Å². The van der Waals surface area contributed by atoms with Crippen LogP contribution >= 0.6 is 0 Å². The molecule has 2 rings (SSSR count). The average molecular weight is 238 g/mol. The summed E-state index contributed by atoms with van der Waals surface area (Å²) in [5.41, 5.74) is 0.758. The van der Waals surface area contributed by atoms with Crippen LogP contribution in [-0.2, 0) is 0 Å². The van der Waals surface area contributed by atoms with Gasteiger partial charge in [-0.05, 0) is 25.1 Å². The van der Waals surface area contributed by atoms with E-state index in [1.807, 2.05) is 0 Å². The molecule has 0 unspecified atom stereocenters. The number of rotatable bonds is 1. The topological polar surface area (TPSA) is 20.2 Å². The Labute approximate surface area is 96.1 Å². The molecular formula is C13H9F3O. The number of hydrogen-bond acceptors (Lipinski definition) is 1. The molecule has 0 bridgehead atoms. The van der Waals surface area contributed by atoms with Gasteiger partial charge >= 0.3 is 0 Å². The predicted octanol–water partition coefficient (Wildman–Crippen LogP) is 3.78. The number of aryl methyl sites for hydroxylation is 1. The van der Waals surface area contributed by atoms with Crippen LogP contribution in [0.4, 0.5) is 13.2 Å². The van der Waals surface area contributed by atoms with Gasteiger partial charge in [0.1, 0.15) is 11.6 Å². The number of halogens is 3. The van der Waals surface area contributed by atoms with Gasteiger partial charge in [-0.3, -0.25) is 0 Å². The molecule has 17 heavy (non-hydrogen) atoms. The van der Waals surface area contributed by atoms with Crippen molar-refractivity contribution < 1.29 is 18.3 Å². The summed E-state index contributed by atoms with van der Waals surface area (Å²) in [6, 6.07) is 5.72. The van der Waals surface area contributed by atoms with Crippen LogP contribution in [0.1, 0.15) is 5.56 Å². The lowest BCUT2D eigenvalue weighted by molar-refractivity contribution is 0.475. The molecule has 2 aromatic rings. The summed E-state index contributed by atoms with van der Waals surface area (Å²) in [6.07, 6.45) is 0. The second-order valence-corrected chi connectivity index (χ2v) is 3.77. The lowest BCUT2D eigenvalue weighted by Gasteiger charge is -2.08. The Balaban J connectivity index is 2.68. The molecule has 88 valence electrons. The van der Waals surface area contributed by atoms with Crippen LogP contribution in [0.15, 0.2) is 30.3 Å². The summed E-state index contributed by atoms with van der Waals surface area (Å²) in [5.74, 6) is -3.49. The maximum absolute atomic E-state index is 13.5. The Bertz CT molecular complexity index is 579. The zero-order valence-electron chi connectivity index (χ0n) is 8.97. The Morgan fingerprint density at radius 1 is 0.824 bits per heavy atom. The third-order valence-corrected chi connectivity index (χ3v) is 2.45. The van der Waals surface area contributed by atoms with Crippen LogP contribution in [0.25, 0.3) is 11.1 Å². The van der Waals surface area contributed by atoms with Crippen LogP contribution in [0.3, 0.4) is 0 Å². The van der Waals surface area contributed by atoms with Crippen molar-refractivity contribution >= 4 is 0 Å². The van der Waals surface area contributed by atoms with Crippen molar-refractivity contribution in [3.8, 4) is 16.9 Å². The first-order chi connectivity index (χ1) is 7.99. The first kappa shape index (κ1) is 11.5. The van der Waals surface area contributed by atoms with Crippen LogP contribution in [0.2, 0.25) is 0 Å². The predicted molar refractivity (Wildman–Crippen MR) is 58.2 cm³/mol. The van der Waals surface area contributed by atoms with Gasteiger partial charge in [0.05, 0.1) is 0 Å². The molecule has 0 spiro atoms. The molecule has 0 aliphatic carbocycles. The van der Waals surface area contributed by atoms with Gasteiger partial charge in [-0.2, -0.15) is 0 Å². The van der Waals surface area contributed by atoms with E-state index in [0.717, 1.165) is 11.6 Å². The van der Waals surface area contributed by atoms with Gasteiger partial charge in [-0.25, -0.2) is 13.2 Å². The van der Waals surface area contributed by atoms with Crippen molar-refractivity contribution in [1.82, 2.24) is 0 Å². The number of phenolic OH excluding ortho intramolecular Hbond substituents is 1. The fraction of sp³-hybridized carbons (Fsp3) is 0.0769. The largest absolute Gasteiger partial charge is 0.507 e. The minimum Gasteiger partial charge on any atom is -0.507 e. The van der Waals surface area contributed by atoms with E-state index in [0.29, 0.717) is 6.07 Å². The molecule has 0 aromatic heterocycles. The third-order valence-electron chi connectivity index (χ3n) is 2.45. The van der Waals surface area contributed by atoms with Crippen molar-refractivity contribution in [2.45, 2.75) is 6.92 Å². The van der Waals surface area contributed by atoms with Crippen molar-refractivity contribution in [3.63, 3.8) is 0 Å². The van der Waals surface area contributed by atoms with E-state index < -0.39 is 17.5 Å². The lowest BCUT2D eigenvalue weighted by Crippen LogP contribution is -1.92. The maximum atomic E-state index is 13.5. The lowest BCUT2D eigenvalue weighted by atomic mass is 10.0.